The van der Waals surface area contributed by atoms with Crippen molar-refractivity contribution in [3.05, 3.63) is 71.7 Å². The number of benzene rings is 2. The smallest absolute Gasteiger partial charge is 0.335 e. The Morgan fingerprint density at radius 1 is 1.24 bits per heavy atom. The van der Waals surface area contributed by atoms with E-state index in [-0.39, 0.29) is 6.10 Å². The zero-order valence-corrected chi connectivity index (χ0v) is 16.2. The summed E-state index contributed by atoms with van der Waals surface area (Å²) in [5, 5.41) is 12.3. The van der Waals surface area contributed by atoms with Gasteiger partial charge in [0.25, 0.3) is 0 Å². The zero-order valence-electron chi connectivity index (χ0n) is 16.2. The molecule has 2 heterocycles. The number of hydrogen-bond acceptors (Lipinski definition) is 5. The summed E-state index contributed by atoms with van der Waals surface area (Å²) in [7, 11) is 1.65. The quantitative estimate of drug-likeness (QED) is 0.642. The lowest BCUT2D eigenvalue weighted by molar-refractivity contribution is 0.00278. The van der Waals surface area contributed by atoms with Crippen LogP contribution in [0.4, 0.5) is 0 Å². The third kappa shape index (κ3) is 4.47. The number of methoxy groups -OCH3 is 1. The van der Waals surface area contributed by atoms with Gasteiger partial charge in [-0.15, -0.1) is 0 Å². The van der Waals surface area contributed by atoms with E-state index in [0.29, 0.717) is 25.3 Å². The Morgan fingerprint density at radius 3 is 2.69 bits per heavy atom. The van der Waals surface area contributed by atoms with Gasteiger partial charge in [-0.05, 0) is 42.0 Å². The molecule has 150 valence electrons. The predicted octanol–water partition coefficient (Wildman–Crippen LogP) is 2.95. The van der Waals surface area contributed by atoms with Crippen molar-refractivity contribution < 1.29 is 19.4 Å². The lowest BCUT2D eigenvalue weighted by Gasteiger charge is -2.24. The van der Waals surface area contributed by atoms with Crippen molar-refractivity contribution in [1.82, 2.24) is 14.9 Å². The van der Waals surface area contributed by atoms with Crippen LogP contribution in [0.2, 0.25) is 0 Å². The van der Waals surface area contributed by atoms with Crippen LogP contribution in [0.15, 0.2) is 54.7 Å². The highest BCUT2D eigenvalue weighted by Gasteiger charge is 2.21. The first kappa shape index (κ1) is 19.2. The third-order valence-corrected chi connectivity index (χ3v) is 5.00. The summed E-state index contributed by atoms with van der Waals surface area (Å²) in [4.78, 5) is 15.6. The molecule has 0 unspecified atom stereocenters. The summed E-state index contributed by atoms with van der Waals surface area (Å²) in [5.41, 5.74) is 3.31. The van der Waals surface area contributed by atoms with E-state index in [1.165, 1.54) is 0 Å². The molecule has 7 nitrogen and oxygen atoms in total. The van der Waals surface area contributed by atoms with Gasteiger partial charge in [-0.1, -0.05) is 12.1 Å². The van der Waals surface area contributed by atoms with Crippen molar-refractivity contribution >= 4 is 5.97 Å². The summed E-state index contributed by atoms with van der Waals surface area (Å²) in [6.45, 7) is 2.59. The van der Waals surface area contributed by atoms with Gasteiger partial charge < -0.3 is 24.5 Å². The van der Waals surface area contributed by atoms with Gasteiger partial charge in [-0.2, -0.15) is 0 Å². The molecular weight excluding hydrogens is 370 g/mol. The Morgan fingerprint density at radius 2 is 2.00 bits per heavy atom. The minimum atomic E-state index is -0.912. The van der Waals surface area contributed by atoms with E-state index in [4.69, 9.17) is 19.6 Å². The number of nitrogens with one attached hydrogen (secondary N) is 1. The second kappa shape index (κ2) is 8.46. The number of imidazole rings is 1. The molecule has 0 spiro atoms. The van der Waals surface area contributed by atoms with E-state index in [1.807, 2.05) is 36.4 Å². The molecule has 4 rings (SSSR count). The fraction of sp³-hybridized carbons (Fsp3) is 0.273. The van der Waals surface area contributed by atoms with Crippen molar-refractivity contribution in [2.45, 2.75) is 25.8 Å². The van der Waals surface area contributed by atoms with Gasteiger partial charge in [0.1, 0.15) is 18.2 Å². The standard InChI is InChI=1S/C22H23N3O4/c1-28-18-8-6-16(7-9-18)20-13-25-12-19(29-14-21(25)24-20)11-23-10-15-2-4-17(5-3-15)22(26)27/h2-9,13,19,23H,10-12,14H2,1H3,(H,26,27)/t19-/m0/s1. The van der Waals surface area contributed by atoms with Gasteiger partial charge in [-0.25, -0.2) is 9.78 Å². The fourth-order valence-corrected chi connectivity index (χ4v) is 3.36. The summed E-state index contributed by atoms with van der Waals surface area (Å²) < 4.78 is 13.3. The van der Waals surface area contributed by atoms with Gasteiger partial charge in [0.05, 0.1) is 31.0 Å². The number of carbonyl (C=O) groups is 1. The first-order valence-electron chi connectivity index (χ1n) is 9.47. The number of nitrogens with zero attached hydrogens (tertiary/aromatic N) is 2. The van der Waals surface area contributed by atoms with Crippen LogP contribution in [0.3, 0.4) is 0 Å². The number of carboxylic acids is 1. The highest BCUT2D eigenvalue weighted by Crippen LogP contribution is 2.24. The van der Waals surface area contributed by atoms with E-state index < -0.39 is 5.97 Å². The van der Waals surface area contributed by atoms with Crippen LogP contribution in [-0.4, -0.2) is 40.4 Å². The van der Waals surface area contributed by atoms with Gasteiger partial charge >= 0.3 is 5.97 Å². The molecule has 1 aromatic heterocycles. The Balaban J connectivity index is 1.32. The molecular formula is C22H23N3O4. The molecule has 0 fully saturated rings. The van der Waals surface area contributed by atoms with E-state index in [9.17, 15) is 4.79 Å². The zero-order chi connectivity index (χ0) is 20.2. The van der Waals surface area contributed by atoms with Crippen LogP contribution in [-0.2, 0) is 24.4 Å². The molecule has 0 bridgehead atoms. The molecule has 1 atom stereocenters. The number of ether oxygens (including phenoxy) is 2. The maximum atomic E-state index is 10.9. The Bertz CT molecular complexity index is 980. The summed E-state index contributed by atoms with van der Waals surface area (Å²) >= 11 is 0. The maximum absolute atomic E-state index is 10.9. The van der Waals surface area contributed by atoms with E-state index >= 15 is 0 Å². The Labute approximate surface area is 168 Å². The van der Waals surface area contributed by atoms with Crippen LogP contribution >= 0.6 is 0 Å². The summed E-state index contributed by atoms with van der Waals surface area (Å²) in [6, 6.07) is 14.8. The second-order valence-corrected chi connectivity index (χ2v) is 6.99. The number of aromatic nitrogens is 2. The molecule has 1 aliphatic heterocycles. The van der Waals surface area contributed by atoms with Crippen molar-refractivity contribution in [1.29, 1.82) is 0 Å². The molecule has 7 heteroatoms. The van der Waals surface area contributed by atoms with E-state index in [1.54, 1.807) is 19.2 Å². The Hall–Kier alpha value is -3.16. The number of carboxylic acid groups (broad SMARTS) is 1. The molecule has 2 N–H and O–H groups in total. The third-order valence-electron chi connectivity index (χ3n) is 5.00. The molecule has 0 saturated heterocycles. The average molecular weight is 393 g/mol. The monoisotopic (exact) mass is 393 g/mol. The molecule has 0 radical (unpaired) electrons. The largest absolute Gasteiger partial charge is 0.497 e. The highest BCUT2D eigenvalue weighted by atomic mass is 16.5. The van der Waals surface area contributed by atoms with Gasteiger partial charge in [0, 0.05) is 24.8 Å². The molecule has 0 saturated carbocycles. The fourth-order valence-electron chi connectivity index (χ4n) is 3.36. The first-order chi connectivity index (χ1) is 14.1. The average Bonchev–Trinajstić information content (AvgIpc) is 3.17. The first-order valence-corrected chi connectivity index (χ1v) is 9.47. The second-order valence-electron chi connectivity index (χ2n) is 6.99. The molecule has 2 aromatic carbocycles. The Kier molecular flexibility index (Phi) is 5.59. The van der Waals surface area contributed by atoms with Crippen LogP contribution in [0.25, 0.3) is 11.3 Å². The van der Waals surface area contributed by atoms with Crippen LogP contribution < -0.4 is 10.1 Å². The van der Waals surface area contributed by atoms with Crippen molar-refractivity contribution in [2.75, 3.05) is 13.7 Å². The van der Waals surface area contributed by atoms with Gasteiger partial charge in [0.2, 0.25) is 0 Å². The molecule has 0 amide bonds. The number of fused-ring (bicyclic) bond motifs is 1. The molecule has 0 aliphatic carbocycles. The highest BCUT2D eigenvalue weighted by molar-refractivity contribution is 5.87. The number of rotatable bonds is 7. The predicted molar refractivity (Wildman–Crippen MR) is 108 cm³/mol. The SMILES string of the molecule is COc1ccc(-c2cn3c(n2)CO[C@@H](CNCc2ccc(C(=O)O)cc2)C3)cc1. The molecule has 3 aromatic rings. The lowest BCUT2D eigenvalue weighted by Crippen LogP contribution is -2.35. The molecule has 29 heavy (non-hydrogen) atoms. The number of aromatic carboxylic acids is 1. The normalized spacial score (nSPS) is 15.7. The lowest BCUT2D eigenvalue weighted by atomic mass is 10.1. The minimum absolute atomic E-state index is 0.0544. The van der Waals surface area contributed by atoms with Crippen LogP contribution in [0.5, 0.6) is 5.75 Å². The molecule has 1 aliphatic rings. The topological polar surface area (TPSA) is 85.6 Å². The summed E-state index contributed by atoms with van der Waals surface area (Å²) in [5.74, 6) is 0.839. The van der Waals surface area contributed by atoms with Gasteiger partial charge in [0.15, 0.2) is 0 Å². The van der Waals surface area contributed by atoms with E-state index in [0.717, 1.165) is 34.9 Å². The van der Waals surface area contributed by atoms with Crippen molar-refractivity contribution in [3.63, 3.8) is 0 Å². The van der Waals surface area contributed by atoms with Crippen molar-refractivity contribution in [3.8, 4) is 17.0 Å². The van der Waals surface area contributed by atoms with Crippen LogP contribution in [0.1, 0.15) is 21.7 Å². The maximum Gasteiger partial charge on any atom is 0.335 e. The van der Waals surface area contributed by atoms with E-state index in [2.05, 4.69) is 16.1 Å². The number of hydrogen-bond donors (Lipinski definition) is 2. The minimum Gasteiger partial charge on any atom is -0.497 e. The van der Waals surface area contributed by atoms with Gasteiger partial charge in [-0.3, -0.25) is 0 Å². The summed E-state index contributed by atoms with van der Waals surface area (Å²) in [6.07, 6.45) is 2.12. The van der Waals surface area contributed by atoms with Crippen molar-refractivity contribution in [2.24, 2.45) is 0 Å². The van der Waals surface area contributed by atoms with Crippen LogP contribution in [0, 0.1) is 0 Å².